The molecular formula is C25H32Hf. The number of rotatable bonds is 3. The Hall–Kier alpha value is -0.690. The van der Waals surface area contributed by atoms with Crippen LogP contribution in [0.3, 0.4) is 0 Å². The van der Waals surface area contributed by atoms with Crippen molar-refractivity contribution in [1.82, 2.24) is 0 Å². The van der Waals surface area contributed by atoms with E-state index in [1.54, 1.807) is 50.1 Å². The van der Waals surface area contributed by atoms with E-state index in [1.807, 2.05) is 3.33 Å². The van der Waals surface area contributed by atoms with Gasteiger partial charge in [-0.25, -0.2) is 0 Å². The quantitative estimate of drug-likeness (QED) is 0.382. The van der Waals surface area contributed by atoms with Crippen molar-refractivity contribution in [2.75, 3.05) is 0 Å². The molecule has 0 nitrogen and oxygen atoms in total. The Balaban J connectivity index is 1.82. The van der Waals surface area contributed by atoms with Crippen LogP contribution in [0, 0.1) is 5.92 Å². The van der Waals surface area contributed by atoms with Crippen LogP contribution in [0.1, 0.15) is 77.1 Å². The third-order valence-electron chi connectivity index (χ3n) is 7.50. The Morgan fingerprint density at radius 2 is 1.54 bits per heavy atom. The molecule has 0 heterocycles. The predicted octanol–water partition coefficient (Wildman–Crippen LogP) is 7.05. The fourth-order valence-electron chi connectivity index (χ4n) is 5.47. The summed E-state index contributed by atoms with van der Waals surface area (Å²) >= 11 is -1.03. The van der Waals surface area contributed by atoms with E-state index in [4.69, 9.17) is 0 Å². The molecule has 3 aliphatic carbocycles. The summed E-state index contributed by atoms with van der Waals surface area (Å²) in [5.74, 6) is 0.659. The third-order valence-corrected chi connectivity index (χ3v) is 14.7. The molecule has 0 saturated heterocycles. The summed E-state index contributed by atoms with van der Waals surface area (Å²) in [5.41, 5.74) is 15.0. The first-order valence-corrected chi connectivity index (χ1v) is 13.9. The monoisotopic (exact) mass is 512 g/mol. The molecule has 136 valence electrons. The van der Waals surface area contributed by atoms with E-state index in [0.29, 0.717) is 9.09 Å². The summed E-state index contributed by atoms with van der Waals surface area (Å²) in [4.78, 5) is 0. The molecule has 3 aliphatic rings. The van der Waals surface area contributed by atoms with Gasteiger partial charge in [0.2, 0.25) is 0 Å². The summed E-state index contributed by atoms with van der Waals surface area (Å²) in [7, 11) is 0. The number of hydrogen-bond acceptors (Lipinski definition) is 0. The average Bonchev–Trinajstić information content (AvgIpc) is 3.24. The Morgan fingerprint density at radius 3 is 2.15 bits per heavy atom. The van der Waals surface area contributed by atoms with Gasteiger partial charge in [-0.1, -0.05) is 0 Å². The van der Waals surface area contributed by atoms with Crippen molar-refractivity contribution < 1.29 is 22.9 Å². The van der Waals surface area contributed by atoms with Crippen molar-refractivity contribution in [3.05, 3.63) is 60.0 Å². The molecule has 1 aromatic carbocycles. The molecule has 0 aliphatic heterocycles. The molecule has 0 atom stereocenters. The summed E-state index contributed by atoms with van der Waals surface area (Å²) in [5, 5.41) is 0. The van der Waals surface area contributed by atoms with Crippen molar-refractivity contribution in [2.45, 2.75) is 77.3 Å². The van der Waals surface area contributed by atoms with Crippen LogP contribution in [0.25, 0.3) is 5.57 Å². The molecule has 0 saturated carbocycles. The van der Waals surface area contributed by atoms with E-state index < -0.39 is 22.9 Å². The summed E-state index contributed by atoms with van der Waals surface area (Å²) in [6, 6.07) is 4.91. The summed E-state index contributed by atoms with van der Waals surface area (Å²) in [6.07, 6.45) is 5.22. The van der Waals surface area contributed by atoms with Crippen molar-refractivity contribution >= 4 is 5.57 Å². The SMILES string of the molecule is CC1=C(C)[C](C)([Hf][C]2=C(C(C)C)c3c(ccc4c3CCC4)C2)C(C)=C1C. The molecule has 1 heteroatoms. The van der Waals surface area contributed by atoms with Crippen LogP contribution in [0.5, 0.6) is 0 Å². The van der Waals surface area contributed by atoms with E-state index in [0.717, 1.165) is 0 Å². The topological polar surface area (TPSA) is 0 Å². The van der Waals surface area contributed by atoms with E-state index in [1.165, 1.54) is 25.7 Å². The van der Waals surface area contributed by atoms with E-state index in [-0.39, 0.29) is 0 Å². The van der Waals surface area contributed by atoms with E-state index in [9.17, 15) is 0 Å². The Bertz CT molecular complexity index is 865. The average molecular weight is 511 g/mol. The van der Waals surface area contributed by atoms with Gasteiger partial charge >= 0.3 is 172 Å². The summed E-state index contributed by atoms with van der Waals surface area (Å²) < 4.78 is 2.30. The molecule has 0 radical (unpaired) electrons. The van der Waals surface area contributed by atoms with Crippen LogP contribution < -0.4 is 0 Å². The van der Waals surface area contributed by atoms with E-state index in [2.05, 4.69) is 60.6 Å². The fourth-order valence-corrected chi connectivity index (χ4v) is 13.3. The second-order valence-corrected chi connectivity index (χ2v) is 15.7. The Kier molecular flexibility index (Phi) is 4.62. The standard InChI is InChI=1S/C15H17.C10H15.Hf/c1-10(2)13-9-8-12-7-6-11-4-3-5-14(11)15(12)13;1-6-7(2)9(4)10(5)8(6)3;/h6-7,10H,3-5,8H2,1-2H3;1-5H3;. The number of aryl methyl sites for hydroxylation is 1. The Morgan fingerprint density at radius 1 is 0.923 bits per heavy atom. The first-order valence-electron chi connectivity index (χ1n) is 10.3. The number of allylic oxidation sites excluding steroid dienone is 6. The zero-order valence-corrected chi connectivity index (χ0v) is 21.2. The van der Waals surface area contributed by atoms with Crippen molar-refractivity contribution in [2.24, 2.45) is 5.92 Å². The van der Waals surface area contributed by atoms with Gasteiger partial charge in [-0.3, -0.25) is 0 Å². The van der Waals surface area contributed by atoms with Gasteiger partial charge in [0.15, 0.2) is 0 Å². The van der Waals surface area contributed by atoms with Crippen molar-refractivity contribution in [3.63, 3.8) is 0 Å². The second kappa shape index (κ2) is 6.43. The van der Waals surface area contributed by atoms with Gasteiger partial charge in [-0.05, 0) is 0 Å². The molecule has 26 heavy (non-hydrogen) atoms. The minimum atomic E-state index is -1.03. The molecule has 0 amide bonds. The predicted molar refractivity (Wildman–Crippen MR) is 109 cm³/mol. The van der Waals surface area contributed by atoms with Gasteiger partial charge in [0.1, 0.15) is 0 Å². The molecule has 0 spiro atoms. The van der Waals surface area contributed by atoms with Gasteiger partial charge in [-0.15, -0.1) is 0 Å². The van der Waals surface area contributed by atoms with Gasteiger partial charge in [0, 0.05) is 0 Å². The molecule has 1 aromatic rings. The molecule has 0 aromatic heterocycles. The maximum absolute atomic E-state index is 2.57. The van der Waals surface area contributed by atoms with Gasteiger partial charge in [-0.2, -0.15) is 0 Å². The van der Waals surface area contributed by atoms with E-state index >= 15 is 0 Å². The fraction of sp³-hybridized carbons (Fsp3) is 0.520. The van der Waals surface area contributed by atoms with Crippen LogP contribution >= 0.6 is 0 Å². The second-order valence-electron chi connectivity index (χ2n) is 9.06. The number of benzene rings is 1. The normalized spacial score (nSPS) is 21.2. The van der Waals surface area contributed by atoms with Crippen LogP contribution in [0.15, 0.2) is 37.8 Å². The number of fused-ring (bicyclic) bond motifs is 3. The number of hydrogen-bond donors (Lipinski definition) is 0. The zero-order valence-electron chi connectivity index (χ0n) is 17.6. The molecule has 0 bridgehead atoms. The van der Waals surface area contributed by atoms with Crippen LogP contribution in [-0.4, -0.2) is 0 Å². The minimum absolute atomic E-state index is 0.398. The molecule has 0 fully saturated rings. The first-order chi connectivity index (χ1) is 12.3. The third kappa shape index (κ3) is 2.56. The van der Waals surface area contributed by atoms with Gasteiger partial charge in [0.05, 0.1) is 0 Å². The molecule has 0 unspecified atom stereocenters. The van der Waals surface area contributed by atoms with Crippen LogP contribution in [0.4, 0.5) is 0 Å². The summed E-state index contributed by atoms with van der Waals surface area (Å²) in [6.45, 7) is 16.9. The zero-order chi connectivity index (χ0) is 18.8. The first kappa shape index (κ1) is 18.7. The van der Waals surface area contributed by atoms with Crippen molar-refractivity contribution in [1.29, 1.82) is 0 Å². The van der Waals surface area contributed by atoms with Gasteiger partial charge in [0.25, 0.3) is 0 Å². The molecule has 0 N–H and O–H groups in total. The molecular weight excluding hydrogens is 479 g/mol. The van der Waals surface area contributed by atoms with Gasteiger partial charge < -0.3 is 0 Å². The maximum atomic E-state index is 2.57. The van der Waals surface area contributed by atoms with Crippen LogP contribution in [0.2, 0.25) is 3.17 Å². The van der Waals surface area contributed by atoms with Crippen molar-refractivity contribution in [3.8, 4) is 0 Å². The van der Waals surface area contributed by atoms with Crippen LogP contribution in [-0.2, 0) is 42.2 Å². The Labute approximate surface area is 171 Å². The molecule has 4 rings (SSSR count).